The van der Waals surface area contributed by atoms with Crippen molar-refractivity contribution < 1.29 is 4.42 Å². The predicted octanol–water partition coefficient (Wildman–Crippen LogP) is 5.60. The Morgan fingerprint density at radius 2 is 2.17 bits per heavy atom. The number of hydrogen-bond acceptors (Lipinski definition) is 4. The number of nitrogens with zero attached hydrogens (tertiary/aromatic N) is 2. The first kappa shape index (κ1) is 15.9. The molecule has 116 valence electrons. The van der Waals surface area contributed by atoms with Gasteiger partial charge in [-0.05, 0) is 30.7 Å². The minimum Gasteiger partial charge on any atom is -0.450 e. The first-order valence-electron chi connectivity index (χ1n) is 7.40. The summed E-state index contributed by atoms with van der Waals surface area (Å²) in [6, 6.07) is 11.7. The van der Waals surface area contributed by atoms with Gasteiger partial charge in [0.25, 0.3) is 0 Å². The summed E-state index contributed by atoms with van der Waals surface area (Å²) in [5, 5.41) is 10.8. The smallest absolute Gasteiger partial charge is 0.203 e. The molecule has 3 nitrogen and oxygen atoms in total. The quantitative estimate of drug-likeness (QED) is 0.566. The van der Waals surface area contributed by atoms with E-state index in [-0.39, 0.29) is 0 Å². The van der Waals surface area contributed by atoms with Gasteiger partial charge in [-0.2, -0.15) is 5.26 Å². The molecule has 0 atom stereocenters. The fourth-order valence-electron chi connectivity index (χ4n) is 2.46. The normalized spacial score (nSPS) is 10.8. The molecule has 0 radical (unpaired) electrons. The molecule has 0 aliphatic heterocycles. The van der Waals surface area contributed by atoms with Crippen LogP contribution in [0.5, 0.6) is 0 Å². The lowest BCUT2D eigenvalue weighted by Crippen LogP contribution is -1.88. The molecule has 0 aliphatic carbocycles. The Balaban J connectivity index is 1.86. The SMILES string of the molecule is CCCc1oc(C#N)cc1CSc1ccnc2cc(Cl)ccc12. The van der Waals surface area contributed by atoms with Gasteiger partial charge in [0.15, 0.2) is 0 Å². The fraction of sp³-hybridized carbons (Fsp3) is 0.222. The van der Waals surface area contributed by atoms with E-state index in [1.165, 1.54) is 0 Å². The van der Waals surface area contributed by atoms with Crippen molar-refractivity contribution in [3.8, 4) is 6.07 Å². The van der Waals surface area contributed by atoms with Crippen molar-refractivity contribution in [3.63, 3.8) is 0 Å². The van der Waals surface area contributed by atoms with Crippen LogP contribution >= 0.6 is 23.4 Å². The first-order chi connectivity index (χ1) is 11.2. The van der Waals surface area contributed by atoms with Gasteiger partial charge < -0.3 is 4.42 Å². The summed E-state index contributed by atoms with van der Waals surface area (Å²) >= 11 is 7.75. The maximum absolute atomic E-state index is 9.02. The van der Waals surface area contributed by atoms with Crippen LogP contribution in [0.1, 0.15) is 30.4 Å². The van der Waals surface area contributed by atoms with Gasteiger partial charge in [0.05, 0.1) is 5.52 Å². The molecule has 0 amide bonds. The van der Waals surface area contributed by atoms with Crippen LogP contribution < -0.4 is 0 Å². The number of hydrogen-bond donors (Lipinski definition) is 0. The molecule has 0 saturated carbocycles. The topological polar surface area (TPSA) is 49.8 Å². The Hall–Kier alpha value is -1.96. The van der Waals surface area contributed by atoms with E-state index in [9.17, 15) is 0 Å². The van der Waals surface area contributed by atoms with Crippen molar-refractivity contribution in [2.24, 2.45) is 0 Å². The number of furan rings is 1. The highest BCUT2D eigenvalue weighted by atomic mass is 35.5. The number of thioether (sulfide) groups is 1. The van der Waals surface area contributed by atoms with Crippen LogP contribution in [0.25, 0.3) is 10.9 Å². The third-order valence-corrected chi connectivity index (χ3v) is 4.89. The van der Waals surface area contributed by atoms with Gasteiger partial charge >= 0.3 is 0 Å². The molecule has 0 unspecified atom stereocenters. The summed E-state index contributed by atoms with van der Waals surface area (Å²) in [6.07, 6.45) is 3.64. The Morgan fingerprint density at radius 3 is 2.96 bits per heavy atom. The third kappa shape index (κ3) is 3.52. The van der Waals surface area contributed by atoms with Gasteiger partial charge in [-0.25, -0.2) is 0 Å². The van der Waals surface area contributed by atoms with Crippen LogP contribution in [0.4, 0.5) is 0 Å². The van der Waals surface area contributed by atoms with Gasteiger partial charge in [0, 0.05) is 39.2 Å². The molecule has 0 spiro atoms. The monoisotopic (exact) mass is 342 g/mol. The Labute approximate surface area is 144 Å². The molecule has 1 aromatic carbocycles. The number of nitriles is 1. The zero-order chi connectivity index (χ0) is 16.2. The minimum absolute atomic E-state index is 0.385. The molecule has 0 aliphatic rings. The largest absolute Gasteiger partial charge is 0.450 e. The summed E-state index contributed by atoms with van der Waals surface area (Å²) in [7, 11) is 0. The van der Waals surface area contributed by atoms with Crippen LogP contribution in [-0.2, 0) is 12.2 Å². The number of halogens is 1. The molecule has 0 saturated heterocycles. The second-order valence-electron chi connectivity index (χ2n) is 5.18. The van der Waals surface area contributed by atoms with E-state index in [2.05, 4.69) is 18.0 Å². The van der Waals surface area contributed by atoms with E-state index in [1.807, 2.05) is 30.3 Å². The van der Waals surface area contributed by atoms with E-state index in [4.69, 9.17) is 21.3 Å². The van der Waals surface area contributed by atoms with Gasteiger partial charge in [-0.3, -0.25) is 4.98 Å². The highest BCUT2D eigenvalue weighted by Crippen LogP contribution is 2.32. The molecule has 5 heteroatoms. The van der Waals surface area contributed by atoms with Crippen LogP contribution in [-0.4, -0.2) is 4.98 Å². The highest BCUT2D eigenvalue weighted by Gasteiger charge is 2.12. The Morgan fingerprint density at radius 1 is 1.30 bits per heavy atom. The van der Waals surface area contributed by atoms with Gasteiger partial charge in [-0.15, -0.1) is 11.8 Å². The molecule has 0 bridgehead atoms. The molecular formula is C18H15ClN2OS. The fourth-order valence-corrected chi connectivity index (χ4v) is 3.67. The molecule has 23 heavy (non-hydrogen) atoms. The Kier molecular flexibility index (Phi) is 4.90. The summed E-state index contributed by atoms with van der Waals surface area (Å²) in [5.74, 6) is 2.07. The summed E-state index contributed by atoms with van der Waals surface area (Å²) in [6.45, 7) is 2.10. The number of aryl methyl sites for hydroxylation is 1. The van der Waals surface area contributed by atoms with Crippen molar-refractivity contribution in [2.45, 2.75) is 30.4 Å². The van der Waals surface area contributed by atoms with E-state index >= 15 is 0 Å². The average molecular weight is 343 g/mol. The van der Waals surface area contributed by atoms with Crippen molar-refractivity contribution in [1.82, 2.24) is 4.98 Å². The second kappa shape index (κ2) is 7.08. The standard InChI is InChI=1S/C18H15ClN2OS/c1-2-3-17-12(8-14(10-20)22-17)11-23-18-6-7-21-16-9-13(19)4-5-15(16)18/h4-9H,2-3,11H2,1H3. The molecular weight excluding hydrogens is 328 g/mol. The molecule has 2 aromatic heterocycles. The lowest BCUT2D eigenvalue weighted by Gasteiger charge is -2.06. The van der Waals surface area contributed by atoms with Crippen LogP contribution in [0.2, 0.25) is 5.02 Å². The number of rotatable bonds is 5. The number of aromatic nitrogens is 1. The van der Waals surface area contributed by atoms with Crippen molar-refractivity contribution >= 4 is 34.3 Å². The molecule has 0 N–H and O–H groups in total. The van der Waals surface area contributed by atoms with Crippen LogP contribution in [0.15, 0.2) is 45.8 Å². The summed E-state index contributed by atoms with van der Waals surface area (Å²) < 4.78 is 5.59. The van der Waals surface area contributed by atoms with Crippen LogP contribution in [0, 0.1) is 11.3 Å². The molecule has 3 aromatic rings. The highest BCUT2D eigenvalue weighted by molar-refractivity contribution is 7.98. The summed E-state index contributed by atoms with van der Waals surface area (Å²) in [5.41, 5.74) is 1.98. The van der Waals surface area contributed by atoms with E-state index in [0.29, 0.717) is 10.8 Å². The van der Waals surface area contributed by atoms with Crippen LogP contribution in [0.3, 0.4) is 0 Å². The van der Waals surface area contributed by atoms with Gasteiger partial charge in [0.2, 0.25) is 5.76 Å². The molecule has 2 heterocycles. The maximum atomic E-state index is 9.02. The zero-order valence-corrected chi connectivity index (χ0v) is 14.2. The van der Waals surface area contributed by atoms with E-state index in [1.54, 1.807) is 18.0 Å². The van der Waals surface area contributed by atoms with Crippen molar-refractivity contribution in [2.75, 3.05) is 0 Å². The lowest BCUT2D eigenvalue weighted by molar-refractivity contribution is 0.492. The summed E-state index contributed by atoms with van der Waals surface area (Å²) in [4.78, 5) is 5.51. The van der Waals surface area contributed by atoms with Crippen molar-refractivity contribution in [3.05, 3.63) is 58.6 Å². The van der Waals surface area contributed by atoms with E-state index < -0.39 is 0 Å². The number of benzene rings is 1. The molecule has 0 fully saturated rings. The van der Waals surface area contributed by atoms with Crippen molar-refractivity contribution in [1.29, 1.82) is 5.26 Å². The van der Waals surface area contributed by atoms with E-state index in [0.717, 1.165) is 45.7 Å². The first-order valence-corrected chi connectivity index (χ1v) is 8.76. The lowest BCUT2D eigenvalue weighted by atomic mass is 10.2. The van der Waals surface area contributed by atoms with Gasteiger partial charge in [0.1, 0.15) is 11.8 Å². The maximum Gasteiger partial charge on any atom is 0.203 e. The number of fused-ring (bicyclic) bond motifs is 1. The minimum atomic E-state index is 0.385. The predicted molar refractivity (Wildman–Crippen MR) is 93.7 cm³/mol. The molecule has 3 rings (SSSR count). The second-order valence-corrected chi connectivity index (χ2v) is 6.63. The average Bonchev–Trinajstić information content (AvgIpc) is 2.95. The van der Waals surface area contributed by atoms with Gasteiger partial charge in [-0.1, -0.05) is 24.6 Å². The zero-order valence-electron chi connectivity index (χ0n) is 12.7. The third-order valence-electron chi connectivity index (χ3n) is 3.53. The Bertz CT molecular complexity index is 882. The number of pyridine rings is 1.